The molecule has 1 N–H and O–H groups in total. The Bertz CT molecular complexity index is 317. The SMILES string of the molecule is Cc1cncc(CCNC(=O)CCl)n1. The van der Waals surface area contributed by atoms with Crippen LogP contribution in [0.2, 0.25) is 0 Å². The van der Waals surface area contributed by atoms with Gasteiger partial charge in [0.15, 0.2) is 0 Å². The molecule has 0 unspecified atom stereocenters. The fraction of sp³-hybridized carbons (Fsp3) is 0.444. The number of rotatable bonds is 4. The summed E-state index contributed by atoms with van der Waals surface area (Å²) in [6, 6.07) is 0. The Morgan fingerprint density at radius 3 is 3.00 bits per heavy atom. The van der Waals surface area contributed by atoms with E-state index in [1.54, 1.807) is 12.4 Å². The molecule has 0 fully saturated rings. The monoisotopic (exact) mass is 213 g/mol. The minimum Gasteiger partial charge on any atom is -0.355 e. The molecule has 14 heavy (non-hydrogen) atoms. The molecule has 4 nitrogen and oxygen atoms in total. The Labute approximate surface area is 87.7 Å². The van der Waals surface area contributed by atoms with Crippen molar-refractivity contribution >= 4 is 17.5 Å². The Balaban J connectivity index is 2.35. The van der Waals surface area contributed by atoms with Gasteiger partial charge < -0.3 is 5.32 Å². The zero-order valence-corrected chi connectivity index (χ0v) is 8.71. The van der Waals surface area contributed by atoms with Gasteiger partial charge >= 0.3 is 0 Å². The number of aromatic nitrogens is 2. The average Bonchev–Trinajstić information content (AvgIpc) is 2.17. The Kier molecular flexibility index (Phi) is 4.32. The number of carbonyl (C=O) groups is 1. The molecule has 1 amide bonds. The van der Waals surface area contributed by atoms with Crippen LogP contribution in [-0.4, -0.2) is 28.3 Å². The number of aryl methyl sites for hydroxylation is 1. The van der Waals surface area contributed by atoms with E-state index in [4.69, 9.17) is 11.6 Å². The maximum atomic E-state index is 10.8. The first-order valence-corrected chi connectivity index (χ1v) is 4.86. The molecule has 0 radical (unpaired) electrons. The molecule has 0 aliphatic rings. The minimum atomic E-state index is -0.160. The maximum Gasteiger partial charge on any atom is 0.234 e. The van der Waals surface area contributed by atoms with E-state index in [1.165, 1.54) is 0 Å². The maximum absolute atomic E-state index is 10.8. The number of hydrogen-bond donors (Lipinski definition) is 1. The molecular weight excluding hydrogens is 202 g/mol. The largest absolute Gasteiger partial charge is 0.355 e. The van der Waals surface area contributed by atoms with Crippen LogP contribution in [0.4, 0.5) is 0 Å². The zero-order chi connectivity index (χ0) is 10.4. The fourth-order valence-corrected chi connectivity index (χ4v) is 1.11. The molecule has 0 atom stereocenters. The van der Waals surface area contributed by atoms with Crippen LogP contribution < -0.4 is 5.32 Å². The van der Waals surface area contributed by atoms with Gasteiger partial charge in [0.25, 0.3) is 0 Å². The molecule has 0 aliphatic carbocycles. The molecule has 5 heteroatoms. The number of halogens is 1. The third-order valence-electron chi connectivity index (χ3n) is 1.63. The van der Waals surface area contributed by atoms with Crippen LogP contribution >= 0.6 is 11.6 Å². The molecule has 76 valence electrons. The summed E-state index contributed by atoms with van der Waals surface area (Å²) >= 11 is 5.32. The number of nitrogens with zero attached hydrogens (tertiary/aromatic N) is 2. The smallest absolute Gasteiger partial charge is 0.234 e. The topological polar surface area (TPSA) is 54.9 Å². The van der Waals surface area contributed by atoms with Crippen molar-refractivity contribution in [2.24, 2.45) is 0 Å². The molecule has 0 aromatic carbocycles. The lowest BCUT2D eigenvalue weighted by molar-refractivity contribution is -0.118. The average molecular weight is 214 g/mol. The van der Waals surface area contributed by atoms with Crippen LogP contribution in [0.15, 0.2) is 12.4 Å². The first kappa shape index (κ1) is 10.9. The van der Waals surface area contributed by atoms with Crippen molar-refractivity contribution in [1.29, 1.82) is 0 Å². The van der Waals surface area contributed by atoms with E-state index in [0.717, 1.165) is 11.4 Å². The summed E-state index contributed by atoms with van der Waals surface area (Å²) in [4.78, 5) is 19.0. The van der Waals surface area contributed by atoms with E-state index >= 15 is 0 Å². The van der Waals surface area contributed by atoms with Crippen LogP contribution in [0.5, 0.6) is 0 Å². The first-order valence-electron chi connectivity index (χ1n) is 4.32. The predicted molar refractivity (Wildman–Crippen MR) is 54.2 cm³/mol. The number of nitrogens with one attached hydrogen (secondary N) is 1. The Morgan fingerprint density at radius 2 is 2.36 bits per heavy atom. The summed E-state index contributed by atoms with van der Waals surface area (Å²) < 4.78 is 0. The molecule has 1 aromatic heterocycles. The molecule has 0 spiro atoms. The lowest BCUT2D eigenvalue weighted by Crippen LogP contribution is -2.26. The van der Waals surface area contributed by atoms with E-state index in [9.17, 15) is 4.79 Å². The molecule has 0 aliphatic heterocycles. The Morgan fingerprint density at radius 1 is 1.57 bits per heavy atom. The summed E-state index contributed by atoms with van der Waals surface area (Å²) in [5.74, 6) is -0.160. The summed E-state index contributed by atoms with van der Waals surface area (Å²) in [5, 5.41) is 2.66. The van der Waals surface area contributed by atoms with Gasteiger partial charge in [0.1, 0.15) is 5.88 Å². The van der Waals surface area contributed by atoms with Gasteiger partial charge in [-0.15, -0.1) is 11.6 Å². The molecule has 0 saturated heterocycles. The molecule has 0 saturated carbocycles. The number of amides is 1. The van der Waals surface area contributed by atoms with Crippen LogP contribution in [-0.2, 0) is 11.2 Å². The summed E-state index contributed by atoms with van der Waals surface area (Å²) in [6.45, 7) is 2.43. The second kappa shape index (κ2) is 5.54. The Hall–Kier alpha value is -1.16. The van der Waals surface area contributed by atoms with Crippen LogP contribution in [0.25, 0.3) is 0 Å². The number of carbonyl (C=O) groups excluding carboxylic acids is 1. The van der Waals surface area contributed by atoms with Gasteiger partial charge in [0.2, 0.25) is 5.91 Å². The van der Waals surface area contributed by atoms with Crippen LogP contribution in [0.3, 0.4) is 0 Å². The summed E-state index contributed by atoms with van der Waals surface area (Å²) in [6.07, 6.45) is 4.07. The quantitative estimate of drug-likeness (QED) is 0.749. The van der Waals surface area contributed by atoms with Crippen molar-refractivity contribution in [2.75, 3.05) is 12.4 Å². The zero-order valence-electron chi connectivity index (χ0n) is 7.96. The highest BCUT2D eigenvalue weighted by molar-refractivity contribution is 6.27. The van der Waals surface area contributed by atoms with Gasteiger partial charge in [-0.25, -0.2) is 0 Å². The van der Waals surface area contributed by atoms with E-state index in [1.807, 2.05) is 6.92 Å². The van der Waals surface area contributed by atoms with Crippen molar-refractivity contribution in [3.8, 4) is 0 Å². The van der Waals surface area contributed by atoms with Gasteiger partial charge in [-0.2, -0.15) is 0 Å². The van der Waals surface area contributed by atoms with Crippen molar-refractivity contribution in [2.45, 2.75) is 13.3 Å². The third kappa shape index (κ3) is 3.70. The van der Waals surface area contributed by atoms with Gasteiger partial charge in [0.05, 0.1) is 11.4 Å². The molecule has 1 rings (SSSR count). The van der Waals surface area contributed by atoms with Crippen LogP contribution in [0.1, 0.15) is 11.4 Å². The number of alkyl halides is 1. The van der Waals surface area contributed by atoms with Crippen LogP contribution in [0, 0.1) is 6.92 Å². The summed E-state index contributed by atoms with van der Waals surface area (Å²) in [5.41, 5.74) is 1.76. The van der Waals surface area contributed by atoms with E-state index in [0.29, 0.717) is 13.0 Å². The highest BCUT2D eigenvalue weighted by Crippen LogP contribution is 1.94. The van der Waals surface area contributed by atoms with Crippen molar-refractivity contribution < 1.29 is 4.79 Å². The fourth-order valence-electron chi connectivity index (χ4n) is 1.01. The second-order valence-corrected chi connectivity index (χ2v) is 3.15. The predicted octanol–water partition coefficient (Wildman–Crippen LogP) is 0.683. The highest BCUT2D eigenvalue weighted by atomic mass is 35.5. The van der Waals surface area contributed by atoms with E-state index in [-0.39, 0.29) is 11.8 Å². The lowest BCUT2D eigenvalue weighted by Gasteiger charge is -2.02. The van der Waals surface area contributed by atoms with Gasteiger partial charge in [-0.3, -0.25) is 14.8 Å². The second-order valence-electron chi connectivity index (χ2n) is 2.89. The van der Waals surface area contributed by atoms with Gasteiger partial charge in [0, 0.05) is 25.4 Å². The third-order valence-corrected chi connectivity index (χ3v) is 1.87. The molecule has 1 heterocycles. The van der Waals surface area contributed by atoms with Crippen molar-refractivity contribution in [3.63, 3.8) is 0 Å². The van der Waals surface area contributed by atoms with E-state index < -0.39 is 0 Å². The lowest BCUT2D eigenvalue weighted by atomic mass is 10.3. The summed E-state index contributed by atoms with van der Waals surface area (Å²) in [7, 11) is 0. The highest BCUT2D eigenvalue weighted by Gasteiger charge is 1.99. The molecule has 1 aromatic rings. The minimum absolute atomic E-state index is 0.000500. The standard InChI is InChI=1S/C9H12ClN3O/c1-7-5-11-6-8(13-7)2-3-12-9(14)4-10/h5-6H,2-4H2,1H3,(H,12,14). The van der Waals surface area contributed by atoms with Crippen molar-refractivity contribution in [1.82, 2.24) is 15.3 Å². The molecule has 0 bridgehead atoms. The normalized spacial score (nSPS) is 9.86. The van der Waals surface area contributed by atoms with Gasteiger partial charge in [-0.05, 0) is 6.92 Å². The van der Waals surface area contributed by atoms with Gasteiger partial charge in [-0.1, -0.05) is 0 Å². The number of hydrogen-bond acceptors (Lipinski definition) is 3. The first-order chi connectivity index (χ1) is 6.72. The van der Waals surface area contributed by atoms with E-state index in [2.05, 4.69) is 15.3 Å². The molecular formula is C9H12ClN3O. The van der Waals surface area contributed by atoms with Crippen molar-refractivity contribution in [3.05, 3.63) is 23.8 Å².